The highest BCUT2D eigenvalue weighted by molar-refractivity contribution is 5.66. The van der Waals surface area contributed by atoms with Gasteiger partial charge in [0, 0.05) is 6.42 Å². The number of carboxylic acid groups (broad SMARTS) is 1. The summed E-state index contributed by atoms with van der Waals surface area (Å²) in [5.41, 5.74) is 0. The van der Waals surface area contributed by atoms with Crippen molar-refractivity contribution in [3.8, 4) is 0 Å². The number of nitrogens with zero attached hydrogens (tertiary/aromatic N) is 1. The van der Waals surface area contributed by atoms with Crippen molar-refractivity contribution >= 4 is 5.97 Å². The Morgan fingerprint density at radius 3 is 1.66 bits per heavy atom. The molecule has 1 N–H and O–H groups in total. The molecule has 0 radical (unpaired) electrons. The molecular formula is C29H57NO2. The number of allylic oxidation sites excluding steroid dienone is 2. The third kappa shape index (κ3) is 25.4. The zero-order valence-electron chi connectivity index (χ0n) is 22.1. The summed E-state index contributed by atoms with van der Waals surface area (Å²) in [5, 5.41) is 8.61. The van der Waals surface area contributed by atoms with Crippen LogP contribution in [-0.2, 0) is 4.79 Å². The molecule has 0 amide bonds. The fraction of sp³-hybridized carbons (Fsp3) is 0.897. The van der Waals surface area contributed by atoms with Gasteiger partial charge in [0.2, 0.25) is 0 Å². The molecule has 0 bridgehead atoms. The standard InChI is InChI=1S/C29H57NO2/c1-4-5-6-20-23-28(26-27-30(2)3)24-21-18-16-14-12-10-8-7-9-11-13-15-17-19-22-25-29(31)32/h7,9,28H,4-6,8,10-27H2,1-3H3,(H,31,32)/b9-7-. The topological polar surface area (TPSA) is 40.5 Å². The van der Waals surface area contributed by atoms with Gasteiger partial charge in [0.05, 0.1) is 0 Å². The Hall–Kier alpha value is -0.830. The maximum Gasteiger partial charge on any atom is 0.303 e. The molecule has 0 saturated heterocycles. The lowest BCUT2D eigenvalue weighted by atomic mass is 9.91. The Kier molecular flexibility index (Phi) is 24.2. The first-order chi connectivity index (χ1) is 15.6. The molecule has 0 spiro atoms. The van der Waals surface area contributed by atoms with Crippen molar-refractivity contribution in [1.82, 2.24) is 4.90 Å². The van der Waals surface area contributed by atoms with Crippen LogP contribution in [0.25, 0.3) is 0 Å². The van der Waals surface area contributed by atoms with Gasteiger partial charge in [-0.25, -0.2) is 0 Å². The first kappa shape index (κ1) is 31.2. The summed E-state index contributed by atoms with van der Waals surface area (Å²) in [7, 11) is 4.41. The fourth-order valence-electron chi connectivity index (χ4n) is 4.44. The van der Waals surface area contributed by atoms with Crippen molar-refractivity contribution in [2.45, 2.75) is 142 Å². The van der Waals surface area contributed by atoms with Crippen LogP contribution in [0.4, 0.5) is 0 Å². The predicted molar refractivity (Wildman–Crippen MR) is 141 cm³/mol. The number of hydrogen-bond donors (Lipinski definition) is 1. The van der Waals surface area contributed by atoms with Crippen LogP contribution in [0.3, 0.4) is 0 Å². The number of rotatable bonds is 25. The molecule has 0 heterocycles. The van der Waals surface area contributed by atoms with E-state index in [1.807, 2.05) is 0 Å². The van der Waals surface area contributed by atoms with Crippen LogP contribution in [0.15, 0.2) is 12.2 Å². The minimum Gasteiger partial charge on any atom is -0.481 e. The van der Waals surface area contributed by atoms with Gasteiger partial charge in [-0.15, -0.1) is 0 Å². The Morgan fingerprint density at radius 2 is 1.16 bits per heavy atom. The van der Waals surface area contributed by atoms with Gasteiger partial charge < -0.3 is 10.0 Å². The zero-order valence-corrected chi connectivity index (χ0v) is 22.1. The molecule has 3 nitrogen and oxygen atoms in total. The summed E-state index contributed by atoms with van der Waals surface area (Å²) >= 11 is 0. The van der Waals surface area contributed by atoms with E-state index in [-0.39, 0.29) is 0 Å². The van der Waals surface area contributed by atoms with Gasteiger partial charge >= 0.3 is 5.97 Å². The number of hydrogen-bond acceptors (Lipinski definition) is 2. The predicted octanol–water partition coefficient (Wildman–Crippen LogP) is 9.02. The van der Waals surface area contributed by atoms with E-state index in [0.29, 0.717) is 6.42 Å². The Morgan fingerprint density at radius 1 is 0.688 bits per heavy atom. The third-order valence-corrected chi connectivity index (χ3v) is 6.61. The van der Waals surface area contributed by atoms with Gasteiger partial charge in [-0.1, -0.05) is 109 Å². The first-order valence-electron chi connectivity index (χ1n) is 14.1. The minimum atomic E-state index is -0.662. The maximum atomic E-state index is 10.5. The van der Waals surface area contributed by atoms with E-state index >= 15 is 0 Å². The summed E-state index contributed by atoms with van der Waals surface area (Å²) < 4.78 is 0. The highest BCUT2D eigenvalue weighted by atomic mass is 16.4. The second-order valence-corrected chi connectivity index (χ2v) is 10.2. The van der Waals surface area contributed by atoms with Gasteiger partial charge in [-0.2, -0.15) is 0 Å². The first-order valence-corrected chi connectivity index (χ1v) is 14.1. The minimum absolute atomic E-state index is 0.330. The Labute approximate surface area is 201 Å². The lowest BCUT2D eigenvalue weighted by Gasteiger charge is -2.19. The van der Waals surface area contributed by atoms with Gasteiger partial charge in [-0.3, -0.25) is 4.79 Å². The summed E-state index contributed by atoms with van der Waals surface area (Å²) in [5.74, 6) is 0.287. The van der Waals surface area contributed by atoms with E-state index in [9.17, 15) is 4.79 Å². The fourth-order valence-corrected chi connectivity index (χ4v) is 4.44. The smallest absolute Gasteiger partial charge is 0.303 e. The SMILES string of the molecule is CCCCCCC(CCCCCCCC/C=C\CCCCCCCC(=O)O)CCN(C)C. The lowest BCUT2D eigenvalue weighted by molar-refractivity contribution is -0.137. The quantitative estimate of drug-likeness (QED) is 0.111. The average molecular weight is 452 g/mol. The van der Waals surface area contributed by atoms with Crippen LogP contribution in [0.5, 0.6) is 0 Å². The molecule has 32 heavy (non-hydrogen) atoms. The molecule has 3 heteroatoms. The molecule has 0 fully saturated rings. The van der Waals surface area contributed by atoms with E-state index in [0.717, 1.165) is 18.8 Å². The second-order valence-electron chi connectivity index (χ2n) is 10.2. The molecule has 0 aliphatic rings. The van der Waals surface area contributed by atoms with Crippen LogP contribution in [0, 0.1) is 5.92 Å². The molecule has 0 aromatic rings. The number of aliphatic carboxylic acids is 1. The van der Waals surface area contributed by atoms with E-state index in [2.05, 4.69) is 38.1 Å². The normalized spacial score (nSPS) is 12.8. The van der Waals surface area contributed by atoms with Crippen molar-refractivity contribution in [2.75, 3.05) is 20.6 Å². The van der Waals surface area contributed by atoms with E-state index in [1.54, 1.807) is 0 Å². The van der Waals surface area contributed by atoms with Crippen LogP contribution in [0.1, 0.15) is 142 Å². The molecule has 0 aromatic carbocycles. The van der Waals surface area contributed by atoms with E-state index in [4.69, 9.17) is 5.11 Å². The van der Waals surface area contributed by atoms with Crippen molar-refractivity contribution in [2.24, 2.45) is 5.92 Å². The highest BCUT2D eigenvalue weighted by Gasteiger charge is 2.09. The van der Waals surface area contributed by atoms with Crippen LogP contribution in [-0.4, -0.2) is 36.6 Å². The molecule has 1 unspecified atom stereocenters. The van der Waals surface area contributed by atoms with Crippen LogP contribution in [0.2, 0.25) is 0 Å². The second kappa shape index (κ2) is 24.8. The van der Waals surface area contributed by atoms with Crippen molar-refractivity contribution in [3.05, 3.63) is 12.2 Å². The Balaban J connectivity index is 3.50. The van der Waals surface area contributed by atoms with Gasteiger partial charge in [0.1, 0.15) is 0 Å². The third-order valence-electron chi connectivity index (χ3n) is 6.61. The summed E-state index contributed by atoms with van der Waals surface area (Å²) in [6.07, 6.45) is 31.3. The maximum absolute atomic E-state index is 10.5. The Bertz CT molecular complexity index is 419. The van der Waals surface area contributed by atoms with E-state index in [1.165, 1.54) is 122 Å². The molecule has 0 rings (SSSR count). The molecule has 0 aliphatic carbocycles. The largest absolute Gasteiger partial charge is 0.481 e. The summed E-state index contributed by atoms with van der Waals surface area (Å²) in [6.45, 7) is 3.55. The number of carboxylic acids is 1. The van der Waals surface area contributed by atoms with Gasteiger partial charge in [0.15, 0.2) is 0 Å². The highest BCUT2D eigenvalue weighted by Crippen LogP contribution is 2.22. The number of carbonyl (C=O) groups is 1. The monoisotopic (exact) mass is 451 g/mol. The number of unbranched alkanes of at least 4 members (excludes halogenated alkanes) is 14. The summed E-state index contributed by atoms with van der Waals surface area (Å²) in [4.78, 5) is 12.8. The van der Waals surface area contributed by atoms with Gasteiger partial charge in [0.25, 0.3) is 0 Å². The molecule has 0 aliphatic heterocycles. The molecular weight excluding hydrogens is 394 g/mol. The van der Waals surface area contributed by atoms with Crippen molar-refractivity contribution < 1.29 is 9.90 Å². The lowest BCUT2D eigenvalue weighted by Crippen LogP contribution is -2.17. The molecule has 0 aromatic heterocycles. The van der Waals surface area contributed by atoms with Crippen molar-refractivity contribution in [3.63, 3.8) is 0 Å². The summed E-state index contributed by atoms with van der Waals surface area (Å²) in [6, 6.07) is 0. The van der Waals surface area contributed by atoms with Gasteiger partial charge in [-0.05, 0) is 65.1 Å². The molecule has 190 valence electrons. The zero-order chi connectivity index (χ0) is 23.7. The van der Waals surface area contributed by atoms with Crippen LogP contribution >= 0.6 is 0 Å². The van der Waals surface area contributed by atoms with Crippen LogP contribution < -0.4 is 0 Å². The van der Waals surface area contributed by atoms with Crippen molar-refractivity contribution in [1.29, 1.82) is 0 Å². The molecule has 0 saturated carbocycles. The van der Waals surface area contributed by atoms with E-state index < -0.39 is 5.97 Å². The average Bonchev–Trinajstić information content (AvgIpc) is 2.76. The molecule has 1 atom stereocenters.